The van der Waals surface area contributed by atoms with Gasteiger partial charge < -0.3 is 26.2 Å². The molecule has 0 aromatic heterocycles. The predicted molar refractivity (Wildman–Crippen MR) is 145 cm³/mol. The molecular formula is C27H27F4N5OS. The molecule has 6 nitrogen and oxygen atoms in total. The molecule has 1 aliphatic heterocycles. The zero-order valence-corrected chi connectivity index (χ0v) is 21.3. The van der Waals surface area contributed by atoms with Crippen molar-refractivity contribution in [3.8, 4) is 0 Å². The summed E-state index contributed by atoms with van der Waals surface area (Å²) in [6.07, 6.45) is -4.48. The molecule has 0 bridgehead atoms. The van der Waals surface area contributed by atoms with Crippen LogP contribution in [-0.2, 0) is 12.7 Å². The fourth-order valence-corrected chi connectivity index (χ4v) is 4.38. The Morgan fingerprint density at radius 2 is 1.74 bits per heavy atom. The minimum atomic E-state index is -4.48. The van der Waals surface area contributed by atoms with Gasteiger partial charge in [-0.2, -0.15) is 13.2 Å². The molecule has 0 saturated carbocycles. The molecule has 11 heteroatoms. The van der Waals surface area contributed by atoms with Crippen molar-refractivity contribution in [2.24, 2.45) is 0 Å². The van der Waals surface area contributed by atoms with Crippen molar-refractivity contribution in [1.29, 1.82) is 0 Å². The second-order valence-electron chi connectivity index (χ2n) is 8.97. The standard InChI is InChI=1S/C27H27F4N5OS/c1-17-16-36(13-12-32-17)24-11-6-18(14-22(24)27(29,30)31)15-33-26(38)35-20-9-7-19(8-10-20)34-25(37)21-4-2-3-5-23(21)28/h2-11,14,17,32H,12-13,15-16H2,1H3,(H,34,37)(H2,33,35,38). The second-order valence-corrected chi connectivity index (χ2v) is 9.38. The molecule has 4 rings (SSSR count). The van der Waals surface area contributed by atoms with Crippen LogP contribution >= 0.6 is 12.2 Å². The topological polar surface area (TPSA) is 68.4 Å². The van der Waals surface area contributed by atoms with Gasteiger partial charge in [-0.25, -0.2) is 4.39 Å². The third kappa shape index (κ3) is 6.99. The maximum atomic E-state index is 13.8. The molecule has 200 valence electrons. The van der Waals surface area contributed by atoms with Gasteiger partial charge in [0, 0.05) is 49.3 Å². The molecule has 1 aliphatic rings. The lowest BCUT2D eigenvalue weighted by molar-refractivity contribution is -0.137. The second kappa shape index (κ2) is 11.8. The number of carbonyl (C=O) groups is 1. The summed E-state index contributed by atoms with van der Waals surface area (Å²) in [5.74, 6) is -1.19. The summed E-state index contributed by atoms with van der Waals surface area (Å²) in [7, 11) is 0. The Kier molecular flexibility index (Phi) is 8.48. The van der Waals surface area contributed by atoms with Crippen LogP contribution in [0.5, 0.6) is 0 Å². The third-order valence-corrected chi connectivity index (χ3v) is 6.29. The number of nitrogens with one attached hydrogen (secondary N) is 4. The fourth-order valence-electron chi connectivity index (χ4n) is 4.19. The van der Waals surface area contributed by atoms with Gasteiger partial charge in [0.2, 0.25) is 0 Å². The van der Waals surface area contributed by atoms with Gasteiger partial charge in [-0.1, -0.05) is 18.2 Å². The average molecular weight is 546 g/mol. The number of piperazine rings is 1. The van der Waals surface area contributed by atoms with E-state index in [4.69, 9.17) is 12.2 Å². The lowest BCUT2D eigenvalue weighted by Crippen LogP contribution is -2.49. The highest BCUT2D eigenvalue weighted by atomic mass is 32.1. The molecule has 4 N–H and O–H groups in total. The van der Waals surface area contributed by atoms with Gasteiger partial charge in [0.15, 0.2) is 5.11 Å². The molecule has 38 heavy (non-hydrogen) atoms. The van der Waals surface area contributed by atoms with E-state index in [-0.39, 0.29) is 28.9 Å². The molecule has 0 radical (unpaired) electrons. The molecule has 0 spiro atoms. The number of benzene rings is 3. The molecule has 0 aliphatic carbocycles. The SMILES string of the molecule is CC1CN(c2ccc(CNC(=S)Nc3ccc(NC(=O)c4ccccc4F)cc3)cc2C(F)(F)F)CCN1. The van der Waals surface area contributed by atoms with Crippen LogP contribution in [0.25, 0.3) is 0 Å². The van der Waals surface area contributed by atoms with E-state index in [1.807, 2.05) is 6.92 Å². The van der Waals surface area contributed by atoms with Crippen molar-refractivity contribution < 1.29 is 22.4 Å². The van der Waals surface area contributed by atoms with Gasteiger partial charge >= 0.3 is 6.18 Å². The molecule has 1 amide bonds. The average Bonchev–Trinajstić information content (AvgIpc) is 2.88. The first kappa shape index (κ1) is 27.3. The van der Waals surface area contributed by atoms with Crippen LogP contribution in [0.4, 0.5) is 34.6 Å². The van der Waals surface area contributed by atoms with Gasteiger partial charge in [-0.3, -0.25) is 4.79 Å². The third-order valence-electron chi connectivity index (χ3n) is 6.05. The molecule has 1 saturated heterocycles. The summed E-state index contributed by atoms with van der Waals surface area (Å²) in [5.41, 5.74) is 0.950. The van der Waals surface area contributed by atoms with E-state index in [0.717, 1.165) is 6.07 Å². The minimum absolute atomic E-state index is 0.0655. The number of hydrogen-bond donors (Lipinski definition) is 4. The Morgan fingerprint density at radius 3 is 2.39 bits per heavy atom. The quantitative estimate of drug-likeness (QED) is 0.246. The van der Waals surface area contributed by atoms with E-state index in [1.165, 1.54) is 24.3 Å². The maximum Gasteiger partial charge on any atom is 0.418 e. The van der Waals surface area contributed by atoms with Crippen molar-refractivity contribution in [3.05, 3.63) is 89.2 Å². The van der Waals surface area contributed by atoms with Gasteiger partial charge in [0.1, 0.15) is 5.82 Å². The molecular weight excluding hydrogens is 518 g/mol. The monoisotopic (exact) mass is 545 g/mol. The number of halogens is 4. The highest BCUT2D eigenvalue weighted by molar-refractivity contribution is 7.80. The molecule has 1 unspecified atom stereocenters. The van der Waals surface area contributed by atoms with Gasteiger partial charge in [-0.15, -0.1) is 0 Å². The van der Waals surface area contributed by atoms with E-state index in [9.17, 15) is 22.4 Å². The Morgan fingerprint density at radius 1 is 1.05 bits per heavy atom. The summed E-state index contributed by atoms with van der Waals surface area (Å²) in [4.78, 5) is 14.0. The summed E-state index contributed by atoms with van der Waals surface area (Å²) in [6, 6.07) is 16.7. The summed E-state index contributed by atoms with van der Waals surface area (Å²) in [5, 5.41) is 12.0. The van der Waals surface area contributed by atoms with Crippen LogP contribution in [0.15, 0.2) is 66.7 Å². The number of carbonyl (C=O) groups excluding carboxylic acids is 1. The van der Waals surface area contributed by atoms with Crippen LogP contribution in [0.2, 0.25) is 0 Å². The van der Waals surface area contributed by atoms with E-state index in [0.29, 0.717) is 36.6 Å². The maximum absolute atomic E-state index is 13.8. The number of alkyl halides is 3. The van der Waals surface area contributed by atoms with E-state index in [2.05, 4.69) is 21.3 Å². The predicted octanol–water partition coefficient (Wildman–Crippen LogP) is 5.38. The molecule has 1 fully saturated rings. The summed E-state index contributed by atoms with van der Waals surface area (Å²) >= 11 is 5.29. The zero-order chi connectivity index (χ0) is 27.3. The minimum Gasteiger partial charge on any atom is -0.368 e. The van der Waals surface area contributed by atoms with E-state index >= 15 is 0 Å². The lowest BCUT2D eigenvalue weighted by atomic mass is 10.1. The fraction of sp³-hybridized carbons (Fsp3) is 0.259. The zero-order valence-electron chi connectivity index (χ0n) is 20.5. The van der Waals surface area contributed by atoms with E-state index in [1.54, 1.807) is 41.3 Å². The number of amides is 1. The van der Waals surface area contributed by atoms with Crippen molar-refractivity contribution in [2.75, 3.05) is 35.2 Å². The highest BCUT2D eigenvalue weighted by Gasteiger charge is 2.35. The van der Waals surface area contributed by atoms with Gasteiger partial charge in [-0.05, 0) is 73.2 Å². The number of thiocarbonyl (C=S) groups is 1. The van der Waals surface area contributed by atoms with Gasteiger partial charge in [0.05, 0.1) is 11.1 Å². The first-order chi connectivity index (χ1) is 18.1. The lowest BCUT2D eigenvalue weighted by Gasteiger charge is -2.35. The molecule has 3 aromatic rings. The Bertz CT molecular complexity index is 1300. The first-order valence-corrected chi connectivity index (χ1v) is 12.4. The number of rotatable bonds is 6. The highest BCUT2D eigenvalue weighted by Crippen LogP contribution is 2.37. The van der Waals surface area contributed by atoms with Crippen molar-refractivity contribution >= 4 is 40.3 Å². The Hall–Kier alpha value is -3.70. The van der Waals surface area contributed by atoms with Crippen molar-refractivity contribution in [2.45, 2.75) is 25.7 Å². The molecule has 3 aromatic carbocycles. The number of anilines is 3. The first-order valence-electron chi connectivity index (χ1n) is 12.0. The Balaban J connectivity index is 1.34. The molecule has 1 atom stereocenters. The summed E-state index contributed by atoms with van der Waals surface area (Å²) in [6.45, 7) is 3.68. The van der Waals surface area contributed by atoms with Gasteiger partial charge in [0.25, 0.3) is 5.91 Å². The van der Waals surface area contributed by atoms with Crippen LogP contribution < -0.4 is 26.2 Å². The smallest absolute Gasteiger partial charge is 0.368 e. The van der Waals surface area contributed by atoms with Crippen LogP contribution in [0, 0.1) is 5.82 Å². The normalized spacial score (nSPS) is 15.6. The van der Waals surface area contributed by atoms with E-state index < -0.39 is 23.5 Å². The largest absolute Gasteiger partial charge is 0.418 e. The summed E-state index contributed by atoms with van der Waals surface area (Å²) < 4.78 is 55.3. The number of hydrogen-bond acceptors (Lipinski definition) is 4. The van der Waals surface area contributed by atoms with Crippen LogP contribution in [0.1, 0.15) is 28.4 Å². The van der Waals surface area contributed by atoms with Crippen LogP contribution in [-0.4, -0.2) is 36.7 Å². The molecule has 1 heterocycles. The van der Waals surface area contributed by atoms with Crippen molar-refractivity contribution in [1.82, 2.24) is 10.6 Å². The Labute approximate surface area is 223 Å². The number of nitrogens with zero attached hydrogens (tertiary/aromatic N) is 1. The van der Waals surface area contributed by atoms with Crippen molar-refractivity contribution in [3.63, 3.8) is 0 Å². The van der Waals surface area contributed by atoms with Crippen LogP contribution in [0.3, 0.4) is 0 Å².